The van der Waals surface area contributed by atoms with Gasteiger partial charge in [0.25, 0.3) is 0 Å². The second kappa shape index (κ2) is 3.66. The van der Waals surface area contributed by atoms with Crippen molar-refractivity contribution in [1.82, 2.24) is 15.0 Å². The Balaban J connectivity index is 2.32. The van der Waals surface area contributed by atoms with Crippen LogP contribution in [0.4, 0.5) is 0 Å². The van der Waals surface area contributed by atoms with E-state index in [2.05, 4.69) is 15.0 Å². The summed E-state index contributed by atoms with van der Waals surface area (Å²) < 4.78 is 0. The van der Waals surface area contributed by atoms with E-state index in [1.165, 1.54) is 0 Å². The zero-order valence-corrected chi connectivity index (χ0v) is 7.84. The van der Waals surface area contributed by atoms with E-state index < -0.39 is 12.0 Å². The highest BCUT2D eigenvalue weighted by atomic mass is 16.4. The van der Waals surface area contributed by atoms with Crippen molar-refractivity contribution in [2.24, 2.45) is 5.73 Å². The molecule has 0 radical (unpaired) electrons. The Labute approximate surface area is 85.2 Å². The highest BCUT2D eigenvalue weighted by Crippen LogP contribution is 2.14. The Morgan fingerprint density at radius 2 is 2.27 bits per heavy atom. The summed E-state index contributed by atoms with van der Waals surface area (Å²) in [7, 11) is 0. The smallest absolute Gasteiger partial charge is 0.320 e. The second-order valence-corrected chi connectivity index (χ2v) is 3.22. The number of aromatic nitrogens is 3. The number of nitrogens with zero attached hydrogens (tertiary/aromatic N) is 2. The van der Waals surface area contributed by atoms with Crippen molar-refractivity contribution >= 4 is 17.1 Å². The van der Waals surface area contributed by atoms with E-state index >= 15 is 0 Å². The third kappa shape index (κ3) is 1.79. The van der Waals surface area contributed by atoms with Gasteiger partial charge in [-0.25, -0.2) is 4.98 Å². The van der Waals surface area contributed by atoms with E-state index in [0.717, 1.165) is 5.56 Å². The zero-order valence-electron chi connectivity index (χ0n) is 7.84. The number of hydrogen-bond acceptors (Lipinski definition) is 4. The van der Waals surface area contributed by atoms with Crippen molar-refractivity contribution in [3.63, 3.8) is 0 Å². The van der Waals surface area contributed by atoms with Gasteiger partial charge in [0.05, 0.1) is 0 Å². The first-order valence-corrected chi connectivity index (χ1v) is 4.44. The first kappa shape index (κ1) is 9.60. The summed E-state index contributed by atoms with van der Waals surface area (Å²) in [4.78, 5) is 21.7. The van der Waals surface area contributed by atoms with E-state index in [0.29, 0.717) is 11.2 Å². The van der Waals surface area contributed by atoms with Crippen LogP contribution >= 0.6 is 0 Å². The Morgan fingerprint density at radius 1 is 1.53 bits per heavy atom. The lowest BCUT2D eigenvalue weighted by atomic mass is 10.1. The van der Waals surface area contributed by atoms with E-state index in [1.54, 1.807) is 18.6 Å². The number of carboxylic acid groups (broad SMARTS) is 1. The Bertz CT molecular complexity index is 494. The molecular weight excluding hydrogens is 196 g/mol. The second-order valence-electron chi connectivity index (χ2n) is 3.22. The van der Waals surface area contributed by atoms with Crippen LogP contribution in [-0.4, -0.2) is 32.1 Å². The summed E-state index contributed by atoms with van der Waals surface area (Å²) in [6.45, 7) is 0. The molecule has 78 valence electrons. The summed E-state index contributed by atoms with van der Waals surface area (Å²) in [5, 5.41) is 8.68. The third-order valence-electron chi connectivity index (χ3n) is 2.14. The van der Waals surface area contributed by atoms with Gasteiger partial charge >= 0.3 is 5.97 Å². The molecule has 0 spiro atoms. The number of aliphatic carboxylic acids is 1. The fourth-order valence-corrected chi connectivity index (χ4v) is 1.38. The van der Waals surface area contributed by atoms with Crippen LogP contribution in [0.15, 0.2) is 18.6 Å². The van der Waals surface area contributed by atoms with Gasteiger partial charge in [-0.2, -0.15) is 0 Å². The minimum atomic E-state index is -1.02. The molecule has 2 rings (SSSR count). The minimum Gasteiger partial charge on any atom is -0.480 e. The van der Waals surface area contributed by atoms with Gasteiger partial charge in [-0.15, -0.1) is 0 Å². The van der Waals surface area contributed by atoms with Crippen molar-refractivity contribution in [2.45, 2.75) is 12.5 Å². The van der Waals surface area contributed by atoms with Crippen molar-refractivity contribution < 1.29 is 9.90 Å². The molecule has 4 N–H and O–H groups in total. The zero-order chi connectivity index (χ0) is 10.8. The van der Waals surface area contributed by atoms with Crippen molar-refractivity contribution in [3.05, 3.63) is 24.2 Å². The molecular formula is C9H10N4O2. The molecule has 0 aliphatic heterocycles. The molecule has 6 nitrogen and oxygen atoms in total. The number of hydrogen-bond donors (Lipinski definition) is 3. The van der Waals surface area contributed by atoms with Crippen LogP contribution in [0.5, 0.6) is 0 Å². The molecule has 0 saturated heterocycles. The van der Waals surface area contributed by atoms with E-state index in [-0.39, 0.29) is 6.42 Å². The van der Waals surface area contributed by atoms with Crippen LogP contribution in [0.1, 0.15) is 5.56 Å². The van der Waals surface area contributed by atoms with Crippen LogP contribution in [0, 0.1) is 0 Å². The average molecular weight is 206 g/mol. The van der Waals surface area contributed by atoms with Crippen molar-refractivity contribution in [1.29, 1.82) is 0 Å². The first-order chi connectivity index (χ1) is 7.18. The lowest BCUT2D eigenvalue weighted by Gasteiger charge is -2.03. The summed E-state index contributed by atoms with van der Waals surface area (Å²) in [5.74, 6) is -1.02. The third-order valence-corrected chi connectivity index (χ3v) is 2.14. The molecule has 0 aliphatic carbocycles. The predicted molar refractivity (Wildman–Crippen MR) is 53.2 cm³/mol. The van der Waals surface area contributed by atoms with E-state index in [9.17, 15) is 4.79 Å². The molecule has 0 amide bonds. The predicted octanol–water partition coefficient (Wildman–Crippen LogP) is -0.0877. The molecule has 0 aliphatic rings. The molecule has 0 bridgehead atoms. The molecule has 2 aromatic rings. The van der Waals surface area contributed by atoms with E-state index in [4.69, 9.17) is 10.8 Å². The number of aromatic amines is 1. The highest BCUT2D eigenvalue weighted by molar-refractivity contribution is 5.78. The van der Waals surface area contributed by atoms with Gasteiger partial charge in [-0.3, -0.25) is 9.78 Å². The summed E-state index contributed by atoms with van der Waals surface area (Å²) in [6.07, 6.45) is 5.06. The number of H-pyrrole nitrogens is 1. The molecule has 0 aromatic carbocycles. The van der Waals surface area contributed by atoms with Gasteiger partial charge in [0, 0.05) is 25.0 Å². The van der Waals surface area contributed by atoms with Crippen LogP contribution in [0.2, 0.25) is 0 Å². The molecule has 2 aromatic heterocycles. The number of fused-ring (bicyclic) bond motifs is 1. The Kier molecular flexibility index (Phi) is 2.34. The topological polar surface area (TPSA) is 105 Å². The number of nitrogens with two attached hydrogens (primary N) is 1. The maximum Gasteiger partial charge on any atom is 0.320 e. The first-order valence-electron chi connectivity index (χ1n) is 4.44. The van der Waals surface area contributed by atoms with Gasteiger partial charge in [-0.05, 0) is 5.56 Å². The average Bonchev–Trinajstić information content (AvgIpc) is 2.62. The Morgan fingerprint density at radius 3 is 3.00 bits per heavy atom. The summed E-state index contributed by atoms with van der Waals surface area (Å²) >= 11 is 0. The van der Waals surface area contributed by atoms with Crippen LogP contribution in [0.3, 0.4) is 0 Å². The lowest BCUT2D eigenvalue weighted by molar-refractivity contribution is -0.138. The van der Waals surface area contributed by atoms with Crippen molar-refractivity contribution in [3.8, 4) is 0 Å². The van der Waals surface area contributed by atoms with Crippen LogP contribution in [-0.2, 0) is 11.2 Å². The summed E-state index contributed by atoms with van der Waals surface area (Å²) in [6, 6.07) is -0.911. The molecule has 2 heterocycles. The largest absolute Gasteiger partial charge is 0.480 e. The van der Waals surface area contributed by atoms with Gasteiger partial charge in [0.15, 0.2) is 5.65 Å². The van der Waals surface area contributed by atoms with Crippen LogP contribution in [0.25, 0.3) is 11.2 Å². The summed E-state index contributed by atoms with van der Waals surface area (Å²) in [5.41, 5.74) is 7.53. The molecule has 15 heavy (non-hydrogen) atoms. The quantitative estimate of drug-likeness (QED) is 0.651. The van der Waals surface area contributed by atoms with Crippen LogP contribution < -0.4 is 5.73 Å². The molecule has 1 unspecified atom stereocenters. The molecule has 6 heteroatoms. The van der Waals surface area contributed by atoms with Gasteiger partial charge < -0.3 is 15.8 Å². The fourth-order valence-electron chi connectivity index (χ4n) is 1.38. The highest BCUT2D eigenvalue weighted by Gasteiger charge is 2.15. The number of carboxylic acids is 1. The molecule has 0 fully saturated rings. The van der Waals surface area contributed by atoms with E-state index in [1.807, 2.05) is 0 Å². The van der Waals surface area contributed by atoms with Gasteiger partial charge in [-0.1, -0.05) is 0 Å². The minimum absolute atomic E-state index is 0.244. The van der Waals surface area contributed by atoms with Gasteiger partial charge in [0.2, 0.25) is 0 Å². The molecule has 1 atom stereocenters. The van der Waals surface area contributed by atoms with Gasteiger partial charge in [0.1, 0.15) is 11.6 Å². The maximum atomic E-state index is 10.6. The standard InChI is InChI=1S/C9H10N4O2/c10-6(9(14)15)3-5-4-13-8-7(5)11-1-2-12-8/h1-2,4,6H,3,10H2,(H,12,13)(H,14,15). The Hall–Kier alpha value is -1.95. The SMILES string of the molecule is NC(Cc1c[nH]c2nccnc12)C(=O)O. The fraction of sp³-hybridized carbons (Fsp3) is 0.222. The van der Waals surface area contributed by atoms with Crippen molar-refractivity contribution in [2.75, 3.05) is 0 Å². The lowest BCUT2D eigenvalue weighted by Crippen LogP contribution is -2.32. The monoisotopic (exact) mass is 206 g/mol. The number of carbonyl (C=O) groups is 1. The number of rotatable bonds is 3. The number of nitrogens with one attached hydrogen (secondary N) is 1. The molecule has 0 saturated carbocycles. The maximum absolute atomic E-state index is 10.6. The normalized spacial score (nSPS) is 12.9.